The second-order valence-electron chi connectivity index (χ2n) is 19.7. The molecule has 0 saturated carbocycles. The fourth-order valence-corrected chi connectivity index (χ4v) is 15.5. The summed E-state index contributed by atoms with van der Waals surface area (Å²) in [6.45, 7) is 10.1. The van der Waals surface area contributed by atoms with E-state index in [1.807, 2.05) is 17.4 Å². The summed E-state index contributed by atoms with van der Waals surface area (Å²) in [5.41, 5.74) is 18.8. The summed E-state index contributed by atoms with van der Waals surface area (Å²) in [6, 6.07) is 69.5. The van der Waals surface area contributed by atoms with Gasteiger partial charge in [0.15, 0.2) is 0 Å². The lowest BCUT2D eigenvalue weighted by Gasteiger charge is -2.54. The van der Waals surface area contributed by atoms with E-state index in [-0.39, 0.29) is 17.8 Å². The molecule has 1 spiro atoms. The monoisotopic (exact) mass is 894 g/mol. The van der Waals surface area contributed by atoms with E-state index in [1.54, 1.807) is 5.57 Å². The molecule has 3 aliphatic carbocycles. The van der Waals surface area contributed by atoms with Crippen LogP contribution in [-0.2, 0) is 11.0 Å². The Morgan fingerprint density at radius 2 is 1.21 bits per heavy atom. The predicted octanol–water partition coefficient (Wildman–Crippen LogP) is 17.2. The van der Waals surface area contributed by atoms with E-state index in [9.17, 15) is 0 Å². The molecule has 5 heteroatoms. The number of ether oxygens (including phenoxy) is 1. The molecule has 0 N–H and O–H groups in total. The molecule has 10 aromatic rings. The standard InChI is InChI=1S/C63H46N2O2S/c1-36-56-37(2)61-60(46-23-10-15-28-55(46)68-61)62(4)58(56)38(3)59-57(36)45-22-8-11-24-48(45)63(59)49-25-12-14-27-53(49)67-54-32-30-43(35-50(54)63)65(62)42-20-16-19-40(33-42)64(39-17-6-5-7-18-39)41-29-31-52-47(34-41)44-21-9-13-26-51(44)66-52/h5-38H,1-4H3. The van der Waals surface area contributed by atoms with E-state index in [4.69, 9.17) is 9.15 Å². The van der Waals surface area contributed by atoms with Crippen molar-refractivity contribution in [1.82, 2.24) is 0 Å². The van der Waals surface area contributed by atoms with Crippen molar-refractivity contribution in [2.24, 2.45) is 11.8 Å². The Morgan fingerprint density at radius 1 is 0.515 bits per heavy atom. The predicted molar refractivity (Wildman–Crippen MR) is 280 cm³/mol. The van der Waals surface area contributed by atoms with Gasteiger partial charge in [0.05, 0.1) is 11.0 Å². The van der Waals surface area contributed by atoms with Gasteiger partial charge in [0.25, 0.3) is 0 Å². The van der Waals surface area contributed by atoms with E-state index in [0.29, 0.717) is 0 Å². The highest BCUT2D eigenvalue weighted by atomic mass is 32.1. The number of furan rings is 1. The Labute approximate surface area is 399 Å². The average Bonchev–Trinajstić information content (AvgIpc) is 4.05. The number of hydrogen-bond acceptors (Lipinski definition) is 5. The molecule has 0 saturated heterocycles. The second-order valence-corrected chi connectivity index (χ2v) is 20.7. The fraction of sp³-hybridized carbons (Fsp3) is 0.143. The van der Waals surface area contributed by atoms with Gasteiger partial charge < -0.3 is 19.0 Å². The second kappa shape index (κ2) is 13.5. The van der Waals surface area contributed by atoms with Crippen LogP contribution in [0.3, 0.4) is 0 Å². The van der Waals surface area contributed by atoms with E-state index in [2.05, 4.69) is 219 Å². The first-order valence-corrected chi connectivity index (χ1v) is 24.9. The van der Waals surface area contributed by atoms with Gasteiger partial charge in [-0.15, -0.1) is 11.3 Å². The number of nitrogens with zero attached hydrogens (tertiary/aromatic N) is 2. The topological polar surface area (TPSA) is 28.9 Å². The van der Waals surface area contributed by atoms with E-state index in [1.165, 1.54) is 59.5 Å². The molecule has 68 heavy (non-hydrogen) atoms. The Balaban J connectivity index is 1.05. The molecule has 326 valence electrons. The van der Waals surface area contributed by atoms with Crippen LogP contribution in [0.4, 0.5) is 28.4 Å². The smallest absolute Gasteiger partial charge is 0.135 e. The first-order chi connectivity index (χ1) is 33.4. The zero-order valence-electron chi connectivity index (χ0n) is 38.2. The van der Waals surface area contributed by atoms with Gasteiger partial charge in [-0.3, -0.25) is 0 Å². The summed E-state index contributed by atoms with van der Waals surface area (Å²) in [7, 11) is 0. The molecule has 5 unspecified atom stereocenters. The molecule has 2 aliphatic heterocycles. The first-order valence-electron chi connectivity index (χ1n) is 24.0. The molecule has 0 amide bonds. The molecule has 2 aromatic heterocycles. The highest BCUT2D eigenvalue weighted by molar-refractivity contribution is 7.19. The summed E-state index contributed by atoms with van der Waals surface area (Å²) in [6.07, 6.45) is 0. The van der Waals surface area contributed by atoms with Crippen LogP contribution in [-0.4, -0.2) is 0 Å². The van der Waals surface area contributed by atoms with Crippen molar-refractivity contribution in [3.63, 3.8) is 0 Å². The SMILES string of the molecule is CC1C2=C3C(C)C4=C1C(C)c1sc5ccccc5c1C4(C)N(c1cccc(N(c4ccccc4)c4ccc5oc6ccccc6c5c4)c1)c1ccc4c(c1)C3(c1ccccc1O4)c1ccccc12. The zero-order valence-corrected chi connectivity index (χ0v) is 39.1. The van der Waals surface area contributed by atoms with E-state index < -0.39 is 11.0 Å². The number of anilines is 5. The summed E-state index contributed by atoms with van der Waals surface area (Å²) in [5.74, 6) is 2.35. The van der Waals surface area contributed by atoms with Crippen LogP contribution < -0.4 is 14.5 Å². The minimum Gasteiger partial charge on any atom is -0.457 e. The van der Waals surface area contributed by atoms with Gasteiger partial charge in [0.2, 0.25) is 0 Å². The normalized spacial score (nSPS) is 22.6. The molecule has 4 heterocycles. The molecule has 5 atom stereocenters. The number of thiophene rings is 1. The van der Waals surface area contributed by atoms with Crippen LogP contribution in [0.25, 0.3) is 37.6 Å². The first kappa shape index (κ1) is 38.5. The zero-order chi connectivity index (χ0) is 45.2. The quantitative estimate of drug-likeness (QED) is 0.165. The maximum atomic E-state index is 7.04. The van der Waals surface area contributed by atoms with Gasteiger partial charge in [0, 0.05) is 83.2 Å². The minimum atomic E-state index is -0.605. The molecule has 15 rings (SSSR count). The summed E-state index contributed by atoms with van der Waals surface area (Å²) in [4.78, 5) is 6.59. The van der Waals surface area contributed by atoms with Crippen molar-refractivity contribution in [3.8, 4) is 11.5 Å². The molecular formula is C63H46N2O2S. The van der Waals surface area contributed by atoms with Crippen molar-refractivity contribution in [1.29, 1.82) is 0 Å². The molecule has 4 bridgehead atoms. The maximum absolute atomic E-state index is 7.04. The molecular weight excluding hydrogens is 849 g/mol. The maximum Gasteiger partial charge on any atom is 0.135 e. The molecule has 5 aliphatic rings. The lowest BCUT2D eigenvalue weighted by molar-refractivity contribution is 0.418. The van der Waals surface area contributed by atoms with Crippen LogP contribution in [0.5, 0.6) is 11.5 Å². The number of hydrogen-bond donors (Lipinski definition) is 0. The number of benzene rings is 8. The van der Waals surface area contributed by atoms with Gasteiger partial charge in [-0.25, -0.2) is 0 Å². The van der Waals surface area contributed by atoms with Crippen LogP contribution in [0.2, 0.25) is 0 Å². The van der Waals surface area contributed by atoms with Crippen molar-refractivity contribution < 1.29 is 9.15 Å². The average molecular weight is 895 g/mol. The highest BCUT2D eigenvalue weighted by Crippen LogP contribution is 2.72. The van der Waals surface area contributed by atoms with Crippen molar-refractivity contribution >= 4 is 77.4 Å². The van der Waals surface area contributed by atoms with Crippen molar-refractivity contribution in [2.75, 3.05) is 9.80 Å². The molecule has 0 fully saturated rings. The Bertz CT molecular complexity index is 3890. The van der Waals surface area contributed by atoms with E-state index >= 15 is 0 Å². The van der Waals surface area contributed by atoms with Gasteiger partial charge >= 0.3 is 0 Å². The van der Waals surface area contributed by atoms with Crippen LogP contribution in [0.15, 0.2) is 209 Å². The Hall–Kier alpha value is -7.60. The summed E-state index contributed by atoms with van der Waals surface area (Å²) < 4.78 is 14.7. The van der Waals surface area contributed by atoms with Gasteiger partial charge in [-0.2, -0.15) is 0 Å². The van der Waals surface area contributed by atoms with Crippen molar-refractivity contribution in [3.05, 3.63) is 237 Å². The Kier molecular flexibility index (Phi) is 7.66. The van der Waals surface area contributed by atoms with E-state index in [0.717, 1.165) is 61.9 Å². The molecule has 8 aromatic carbocycles. The molecule has 0 radical (unpaired) electrons. The van der Waals surface area contributed by atoms with Crippen LogP contribution >= 0.6 is 11.3 Å². The third kappa shape index (κ3) is 4.70. The van der Waals surface area contributed by atoms with Crippen molar-refractivity contribution in [2.45, 2.75) is 44.6 Å². The highest BCUT2D eigenvalue weighted by Gasteiger charge is 2.62. The largest absolute Gasteiger partial charge is 0.457 e. The lowest BCUT2D eigenvalue weighted by atomic mass is 9.55. The third-order valence-corrected chi connectivity index (χ3v) is 17.8. The lowest BCUT2D eigenvalue weighted by Crippen LogP contribution is -2.49. The summed E-state index contributed by atoms with van der Waals surface area (Å²) in [5, 5.41) is 3.56. The summed E-state index contributed by atoms with van der Waals surface area (Å²) >= 11 is 1.99. The van der Waals surface area contributed by atoms with Gasteiger partial charge in [-0.1, -0.05) is 129 Å². The minimum absolute atomic E-state index is 0.0825. The van der Waals surface area contributed by atoms with Gasteiger partial charge in [0.1, 0.15) is 22.7 Å². The van der Waals surface area contributed by atoms with Crippen LogP contribution in [0, 0.1) is 11.8 Å². The van der Waals surface area contributed by atoms with Gasteiger partial charge in [-0.05, 0) is 125 Å². The number of fused-ring (bicyclic) bond motifs is 11. The van der Waals surface area contributed by atoms with Crippen LogP contribution in [0.1, 0.15) is 66.3 Å². The number of allylic oxidation sites excluding steroid dienone is 3. The number of rotatable bonds is 4. The Morgan fingerprint density at radius 3 is 2.09 bits per heavy atom. The third-order valence-electron chi connectivity index (χ3n) is 16.4. The number of para-hydroxylation sites is 3. The molecule has 4 nitrogen and oxygen atoms in total. The fourth-order valence-electron chi connectivity index (χ4n) is 14.1.